The molecule has 0 fully saturated rings. The van der Waals surface area contributed by atoms with Gasteiger partial charge in [-0.05, 0) is 156 Å². The van der Waals surface area contributed by atoms with E-state index in [1.54, 1.807) is 0 Å². The van der Waals surface area contributed by atoms with Gasteiger partial charge in [0.05, 0.1) is 72.0 Å². The molecule has 10 heteroatoms. The van der Waals surface area contributed by atoms with Crippen molar-refractivity contribution in [1.82, 2.24) is 29.9 Å². The molecule has 0 amide bonds. The summed E-state index contributed by atoms with van der Waals surface area (Å²) in [7, 11) is 0. The number of pyridine rings is 6. The predicted molar refractivity (Wildman–Crippen MR) is 427 cm³/mol. The van der Waals surface area contributed by atoms with Crippen LogP contribution in [0.5, 0.6) is 23.0 Å². The Labute approximate surface area is 609 Å². The summed E-state index contributed by atoms with van der Waals surface area (Å²) in [5, 5.41) is 0. The number of benzene rings is 4. The quantitative estimate of drug-likeness (QED) is 0.0270. The van der Waals surface area contributed by atoms with Crippen molar-refractivity contribution < 1.29 is 18.9 Å². The maximum atomic E-state index is 6.93. The smallest absolute Gasteiger partial charge is 0.127 e. The fraction of sp³-hybridized carbons (Fsp3) is 0.348. The highest BCUT2D eigenvalue weighted by atomic mass is 16.5. The number of hydrogen-bond acceptors (Lipinski definition) is 10. The number of hydrogen-bond donors (Lipinski definition) is 0. The summed E-state index contributed by atoms with van der Waals surface area (Å²) in [4.78, 5) is 28.7. The highest BCUT2D eigenvalue weighted by Gasteiger charge is 2.17. The molecule has 10 rings (SSSR count). The third-order valence-corrected chi connectivity index (χ3v) is 18.5. The van der Waals surface area contributed by atoms with Crippen molar-refractivity contribution in [3.63, 3.8) is 0 Å². The molecule has 6 heterocycles. The maximum absolute atomic E-state index is 6.93. The molecule has 0 atom stereocenters. The fourth-order valence-corrected chi connectivity index (χ4v) is 12.6. The van der Waals surface area contributed by atoms with E-state index in [0.29, 0.717) is 26.4 Å². The molecule has 10 aromatic rings. The first kappa shape index (κ1) is 74.9. The van der Waals surface area contributed by atoms with Crippen molar-refractivity contribution in [3.05, 3.63) is 228 Å². The molecule has 4 aromatic carbocycles. The molecular formula is C92H106N6O4. The Morgan fingerprint density at radius 1 is 0.235 bits per heavy atom. The Kier molecular flexibility index (Phi) is 31.2. The van der Waals surface area contributed by atoms with Crippen molar-refractivity contribution in [3.8, 4) is 90.8 Å². The summed E-state index contributed by atoms with van der Waals surface area (Å²) in [6, 6.07) is 58.3. The van der Waals surface area contributed by atoms with Gasteiger partial charge >= 0.3 is 0 Å². The molecule has 0 saturated heterocycles. The van der Waals surface area contributed by atoms with Crippen LogP contribution >= 0.6 is 0 Å². The van der Waals surface area contributed by atoms with E-state index in [2.05, 4.69) is 181 Å². The van der Waals surface area contributed by atoms with Crippen LogP contribution in [0.3, 0.4) is 0 Å². The second-order valence-electron chi connectivity index (χ2n) is 26.7. The van der Waals surface area contributed by atoms with Crippen LogP contribution in [0.25, 0.3) is 104 Å². The molecule has 10 nitrogen and oxygen atoms in total. The zero-order valence-corrected chi connectivity index (χ0v) is 61.1. The van der Waals surface area contributed by atoms with Gasteiger partial charge in [0, 0.05) is 47.0 Å². The van der Waals surface area contributed by atoms with Gasteiger partial charge < -0.3 is 18.9 Å². The van der Waals surface area contributed by atoms with Gasteiger partial charge in [-0.2, -0.15) is 0 Å². The molecule has 0 radical (unpaired) electrons. The number of nitrogens with zero attached hydrogens (tertiary/aromatic N) is 6. The summed E-state index contributed by atoms with van der Waals surface area (Å²) in [5.74, 6) is 3.28. The minimum absolute atomic E-state index is 0.616. The molecule has 0 bridgehead atoms. The lowest BCUT2D eigenvalue weighted by Gasteiger charge is -2.17. The first-order valence-electron chi connectivity index (χ1n) is 38.3. The number of rotatable bonds is 44. The normalized spacial score (nSPS) is 11.5. The summed E-state index contributed by atoms with van der Waals surface area (Å²) < 4.78 is 27.6. The van der Waals surface area contributed by atoms with E-state index in [1.807, 2.05) is 97.6 Å². The van der Waals surface area contributed by atoms with Gasteiger partial charge in [0.15, 0.2) is 0 Å². The monoisotopic (exact) mass is 1360 g/mol. The summed E-state index contributed by atoms with van der Waals surface area (Å²) in [5.41, 5.74) is 16.6. The number of aromatic nitrogens is 6. The summed E-state index contributed by atoms with van der Waals surface area (Å²) in [6.45, 7) is 11.6. The van der Waals surface area contributed by atoms with E-state index >= 15 is 0 Å². The van der Waals surface area contributed by atoms with Gasteiger partial charge in [-0.25, -0.2) is 9.97 Å². The van der Waals surface area contributed by atoms with E-state index in [4.69, 9.17) is 28.9 Å². The van der Waals surface area contributed by atoms with Crippen LogP contribution in [0.1, 0.15) is 215 Å². The molecular weight excluding hydrogens is 1250 g/mol. The van der Waals surface area contributed by atoms with Gasteiger partial charge in [0.1, 0.15) is 23.0 Å². The largest absolute Gasteiger partial charge is 0.493 e. The highest BCUT2D eigenvalue weighted by Crippen LogP contribution is 2.38. The molecule has 0 spiro atoms. The third kappa shape index (κ3) is 23.9. The number of unbranched alkanes of at least 4 members (excludes halogenated alkanes) is 20. The average Bonchev–Trinajstić information content (AvgIpc) is 0.817. The van der Waals surface area contributed by atoms with E-state index in [0.717, 1.165) is 176 Å². The van der Waals surface area contributed by atoms with Crippen molar-refractivity contribution in [2.24, 2.45) is 0 Å². The first-order chi connectivity index (χ1) is 50.4. The minimum Gasteiger partial charge on any atom is -0.493 e. The summed E-state index contributed by atoms with van der Waals surface area (Å²) >= 11 is 0. The van der Waals surface area contributed by atoms with Crippen molar-refractivity contribution >= 4 is 36.5 Å². The van der Waals surface area contributed by atoms with Gasteiger partial charge in [-0.1, -0.05) is 265 Å². The van der Waals surface area contributed by atoms with Crippen LogP contribution in [0, 0.1) is 0 Å². The zero-order chi connectivity index (χ0) is 70.4. The zero-order valence-electron chi connectivity index (χ0n) is 61.1. The van der Waals surface area contributed by atoms with Crippen molar-refractivity contribution in [2.45, 2.75) is 182 Å². The average molecular weight is 1360 g/mol. The second-order valence-corrected chi connectivity index (χ2v) is 26.7. The molecule has 0 saturated carbocycles. The van der Waals surface area contributed by atoms with Gasteiger partial charge in [0.2, 0.25) is 0 Å². The molecule has 102 heavy (non-hydrogen) atoms. The highest BCUT2D eigenvalue weighted by molar-refractivity contribution is 5.84. The van der Waals surface area contributed by atoms with Gasteiger partial charge in [-0.3, -0.25) is 19.9 Å². The van der Waals surface area contributed by atoms with Crippen molar-refractivity contribution in [2.75, 3.05) is 26.4 Å². The maximum Gasteiger partial charge on any atom is 0.127 e. The lowest BCUT2D eigenvalue weighted by atomic mass is 10.0. The van der Waals surface area contributed by atoms with Crippen LogP contribution in [0.2, 0.25) is 0 Å². The molecule has 0 aliphatic heterocycles. The minimum atomic E-state index is 0.616. The molecule has 0 N–H and O–H groups in total. The Bertz CT molecular complexity index is 3770. The Hall–Kier alpha value is -9.80. The topological polar surface area (TPSA) is 114 Å². The number of ether oxygens (including phenoxy) is 4. The van der Waals surface area contributed by atoms with Crippen LogP contribution < -0.4 is 18.9 Å². The van der Waals surface area contributed by atoms with Gasteiger partial charge in [0.25, 0.3) is 0 Å². The molecule has 0 aliphatic rings. The predicted octanol–water partition coefficient (Wildman–Crippen LogP) is 25.5. The Morgan fingerprint density at radius 2 is 0.480 bits per heavy atom. The standard InChI is InChI=1S/C92H106N6O4/c1-5-9-13-17-21-33-59-99-89-69-77(91(101-61-35-23-19-15-11-7-3)67-75(89)51-45-71-41-47-73(48-42-71)79-63-85(81-37-25-29-55-93-81)97-86(64-79)82-38-26-30-56-94-82)53-54-78-70-90(100-60-34-22-18-14-10-6-2)76(68-92(78)102-62-36-24-20-16-12-8-4)52-46-72-43-49-74(50-44-72)80-65-87(83-39-27-31-57-95-83)98-88(66-80)84-40-28-32-58-96-84/h25-32,37-58,63-70H,5-24,33-36,59-62H2,1-4H3/b51-45+,52-46+,54-53+. The van der Waals surface area contributed by atoms with E-state index in [-0.39, 0.29) is 0 Å². The molecule has 0 unspecified atom stereocenters. The van der Waals surface area contributed by atoms with E-state index in [9.17, 15) is 0 Å². The lowest BCUT2D eigenvalue weighted by Crippen LogP contribution is -2.03. The van der Waals surface area contributed by atoms with Crippen molar-refractivity contribution in [1.29, 1.82) is 0 Å². The van der Waals surface area contributed by atoms with Crippen LogP contribution in [0.15, 0.2) is 195 Å². The Morgan fingerprint density at radius 3 is 0.725 bits per heavy atom. The second kappa shape index (κ2) is 42.5. The fourth-order valence-electron chi connectivity index (χ4n) is 12.6. The molecule has 528 valence electrons. The third-order valence-electron chi connectivity index (χ3n) is 18.5. The van der Waals surface area contributed by atoms with Crippen LogP contribution in [-0.2, 0) is 0 Å². The molecule has 0 aliphatic carbocycles. The Balaban J connectivity index is 0.990. The lowest BCUT2D eigenvalue weighted by molar-refractivity contribution is 0.295. The van der Waals surface area contributed by atoms with Crippen LogP contribution in [0.4, 0.5) is 0 Å². The molecule has 6 aromatic heterocycles. The first-order valence-corrected chi connectivity index (χ1v) is 38.3. The van der Waals surface area contributed by atoms with E-state index < -0.39 is 0 Å². The van der Waals surface area contributed by atoms with Crippen LogP contribution in [-0.4, -0.2) is 56.3 Å². The summed E-state index contributed by atoms with van der Waals surface area (Å²) in [6.07, 6.45) is 48.5. The van der Waals surface area contributed by atoms with E-state index in [1.165, 1.54) is 103 Å². The van der Waals surface area contributed by atoms with Gasteiger partial charge in [-0.15, -0.1) is 0 Å². The SMILES string of the molecule is CCCCCCCCOc1cc(/C=C/c2cc(OCCCCCCCC)c(/C=C/c3ccc(-c4cc(-c5ccccn5)nc(-c5ccccn5)c4)cc3)cc2OCCCCCCCC)c(OCCCCCCCC)cc1/C=C/c1ccc(-c2cc(-c3ccccn3)nc(-c3ccccn3)c2)cc1.